The number of ketones is 1. The molecule has 140 valence electrons. The van der Waals surface area contributed by atoms with Crippen molar-refractivity contribution in [1.29, 1.82) is 0 Å². The Kier molecular flexibility index (Phi) is 7.79. The summed E-state index contributed by atoms with van der Waals surface area (Å²) in [5.41, 5.74) is 2.03. The molecule has 1 N–H and O–H groups in total. The summed E-state index contributed by atoms with van der Waals surface area (Å²) in [6.07, 6.45) is 3.33. The molecule has 0 aliphatic heterocycles. The Morgan fingerprint density at radius 3 is 2.42 bits per heavy atom. The average Bonchev–Trinajstić information content (AvgIpc) is 2.66. The molecule has 1 aromatic heterocycles. The van der Waals surface area contributed by atoms with Crippen LogP contribution in [0, 0.1) is 5.92 Å². The Morgan fingerprint density at radius 2 is 1.85 bits per heavy atom. The van der Waals surface area contributed by atoms with Crippen molar-refractivity contribution in [1.82, 2.24) is 10.3 Å². The quantitative estimate of drug-likeness (QED) is 0.695. The van der Waals surface area contributed by atoms with Gasteiger partial charge in [-0.1, -0.05) is 45.9 Å². The third-order valence-electron chi connectivity index (χ3n) is 4.45. The maximum atomic E-state index is 12.6. The molecule has 0 saturated carbocycles. The minimum atomic E-state index is -0.148. The zero-order valence-electron chi connectivity index (χ0n) is 16.2. The van der Waals surface area contributed by atoms with E-state index in [0.29, 0.717) is 13.0 Å². The number of carbonyl (C=O) groups is 1. The monoisotopic (exact) mass is 354 g/mol. The van der Waals surface area contributed by atoms with Crippen LogP contribution in [0.5, 0.6) is 5.75 Å². The van der Waals surface area contributed by atoms with Gasteiger partial charge in [-0.25, -0.2) is 0 Å². The molecule has 1 unspecified atom stereocenters. The molecule has 2 atom stereocenters. The van der Waals surface area contributed by atoms with Crippen LogP contribution in [0.4, 0.5) is 0 Å². The zero-order chi connectivity index (χ0) is 18.9. The van der Waals surface area contributed by atoms with Gasteiger partial charge in [-0.2, -0.15) is 0 Å². The highest BCUT2D eigenvalue weighted by atomic mass is 16.5. The van der Waals surface area contributed by atoms with Crippen LogP contribution >= 0.6 is 0 Å². The number of aromatic nitrogens is 1. The van der Waals surface area contributed by atoms with Crippen LogP contribution in [0.25, 0.3) is 0 Å². The summed E-state index contributed by atoms with van der Waals surface area (Å²) < 4.78 is 5.77. The van der Waals surface area contributed by atoms with E-state index >= 15 is 0 Å². The van der Waals surface area contributed by atoms with Gasteiger partial charge in [0.25, 0.3) is 0 Å². The molecule has 0 fully saturated rings. The Bertz CT molecular complexity index is 668. The lowest BCUT2D eigenvalue weighted by Crippen LogP contribution is -2.44. The summed E-state index contributed by atoms with van der Waals surface area (Å²) in [5.74, 6) is 1.17. The minimum absolute atomic E-state index is 0.0761. The average molecular weight is 354 g/mol. The van der Waals surface area contributed by atoms with E-state index in [1.807, 2.05) is 49.4 Å². The van der Waals surface area contributed by atoms with Gasteiger partial charge >= 0.3 is 0 Å². The van der Waals surface area contributed by atoms with Crippen molar-refractivity contribution < 1.29 is 9.53 Å². The zero-order valence-corrected chi connectivity index (χ0v) is 16.2. The molecular weight excluding hydrogens is 324 g/mol. The van der Waals surface area contributed by atoms with E-state index in [4.69, 9.17) is 4.74 Å². The van der Waals surface area contributed by atoms with Gasteiger partial charge in [0.05, 0.1) is 11.7 Å². The number of Topliss-reactive ketones (excluding diaryl/α,β-unsaturated/α-hetero) is 1. The van der Waals surface area contributed by atoms with Crippen LogP contribution in [0.3, 0.4) is 0 Å². The first-order chi connectivity index (χ1) is 12.5. The number of hydrogen-bond acceptors (Lipinski definition) is 4. The first kappa shape index (κ1) is 20.1. The highest BCUT2D eigenvalue weighted by Crippen LogP contribution is 2.17. The number of nitrogens with one attached hydrogen (secondary N) is 1. The molecule has 0 bridgehead atoms. The summed E-state index contributed by atoms with van der Waals surface area (Å²) in [5, 5.41) is 3.42. The Balaban J connectivity index is 1.97. The van der Waals surface area contributed by atoms with E-state index in [1.54, 1.807) is 6.20 Å². The number of carbonyl (C=O) groups excluding carboxylic acids is 1. The van der Waals surface area contributed by atoms with Crippen molar-refractivity contribution in [3.63, 3.8) is 0 Å². The third kappa shape index (κ3) is 6.26. The Hall–Kier alpha value is -2.20. The molecule has 1 aromatic carbocycles. The van der Waals surface area contributed by atoms with E-state index < -0.39 is 0 Å². The molecular formula is C22H30N2O2. The summed E-state index contributed by atoms with van der Waals surface area (Å²) in [6.45, 7) is 8.66. The lowest BCUT2D eigenvalue weighted by atomic mass is 9.92. The highest BCUT2D eigenvalue weighted by Gasteiger charge is 2.23. The van der Waals surface area contributed by atoms with E-state index in [1.165, 1.54) is 0 Å². The number of hydrogen-bond donors (Lipinski definition) is 1. The number of pyridine rings is 1. The number of nitrogens with zero attached hydrogens (tertiary/aromatic N) is 1. The molecule has 2 aromatic rings. The van der Waals surface area contributed by atoms with Gasteiger partial charge in [0.1, 0.15) is 12.4 Å². The van der Waals surface area contributed by atoms with Gasteiger partial charge in [-0.05, 0) is 42.7 Å². The number of rotatable bonds is 10. The number of ether oxygens (including phenoxy) is 1. The predicted molar refractivity (Wildman–Crippen MR) is 105 cm³/mol. The van der Waals surface area contributed by atoms with E-state index in [0.717, 1.165) is 23.4 Å². The van der Waals surface area contributed by atoms with Crippen molar-refractivity contribution >= 4 is 5.78 Å². The molecule has 4 heteroatoms. The molecule has 0 radical (unpaired) electrons. The van der Waals surface area contributed by atoms with E-state index in [-0.39, 0.29) is 23.8 Å². The third-order valence-corrected chi connectivity index (χ3v) is 4.45. The van der Waals surface area contributed by atoms with Gasteiger partial charge in [0, 0.05) is 18.2 Å². The van der Waals surface area contributed by atoms with Crippen LogP contribution in [-0.4, -0.2) is 22.9 Å². The van der Waals surface area contributed by atoms with Gasteiger partial charge in [0.15, 0.2) is 5.78 Å². The van der Waals surface area contributed by atoms with Crippen molar-refractivity contribution in [2.24, 2.45) is 5.92 Å². The molecule has 0 aliphatic carbocycles. The second-order valence-corrected chi connectivity index (χ2v) is 7.04. The summed E-state index contributed by atoms with van der Waals surface area (Å²) in [6, 6.07) is 13.9. The maximum Gasteiger partial charge on any atom is 0.152 e. The van der Waals surface area contributed by atoms with Gasteiger partial charge in [-0.3, -0.25) is 9.78 Å². The van der Waals surface area contributed by atoms with Crippen molar-refractivity contribution in [3.05, 3.63) is 59.9 Å². The topological polar surface area (TPSA) is 51.2 Å². The first-order valence-corrected chi connectivity index (χ1v) is 9.41. The second-order valence-electron chi connectivity index (χ2n) is 7.04. The molecule has 0 aliphatic rings. The standard InChI is InChI=1S/C22H30N2O2/c1-5-17(4)22(25)21(24-16(2)3)14-18-9-11-20(12-10-18)26-15-19-8-6-7-13-23-19/h6-13,16-17,21,24H,5,14-15H2,1-4H3/t17?,21-/m0/s1. The maximum absolute atomic E-state index is 12.6. The molecule has 0 spiro atoms. The van der Waals surface area contributed by atoms with Crippen LogP contribution in [0.1, 0.15) is 45.4 Å². The highest BCUT2D eigenvalue weighted by molar-refractivity contribution is 5.86. The van der Waals surface area contributed by atoms with Crippen molar-refractivity contribution in [3.8, 4) is 5.75 Å². The molecule has 0 amide bonds. The summed E-state index contributed by atoms with van der Waals surface area (Å²) in [7, 11) is 0. The number of benzene rings is 1. The summed E-state index contributed by atoms with van der Waals surface area (Å²) >= 11 is 0. The van der Waals surface area contributed by atoms with Crippen molar-refractivity contribution in [2.75, 3.05) is 0 Å². The molecule has 26 heavy (non-hydrogen) atoms. The fraction of sp³-hybridized carbons (Fsp3) is 0.455. The van der Waals surface area contributed by atoms with E-state index in [2.05, 4.69) is 31.1 Å². The molecule has 0 saturated heterocycles. The minimum Gasteiger partial charge on any atom is -0.487 e. The molecule has 2 rings (SSSR count). The van der Waals surface area contributed by atoms with Crippen LogP contribution in [-0.2, 0) is 17.8 Å². The normalized spacial score (nSPS) is 13.4. The van der Waals surface area contributed by atoms with Crippen LogP contribution in [0.2, 0.25) is 0 Å². The largest absolute Gasteiger partial charge is 0.487 e. The van der Waals surface area contributed by atoms with Gasteiger partial charge < -0.3 is 10.1 Å². The molecule has 4 nitrogen and oxygen atoms in total. The summed E-state index contributed by atoms with van der Waals surface area (Å²) in [4.78, 5) is 16.9. The smallest absolute Gasteiger partial charge is 0.152 e. The fourth-order valence-electron chi connectivity index (χ4n) is 2.79. The van der Waals surface area contributed by atoms with Gasteiger partial charge in [0.2, 0.25) is 0 Å². The van der Waals surface area contributed by atoms with Gasteiger partial charge in [-0.15, -0.1) is 0 Å². The fourth-order valence-corrected chi connectivity index (χ4v) is 2.79. The molecule has 1 heterocycles. The Labute approximate surface area is 157 Å². The Morgan fingerprint density at radius 1 is 1.12 bits per heavy atom. The SMILES string of the molecule is CCC(C)C(=O)[C@H](Cc1ccc(OCc2ccccn2)cc1)NC(C)C. The predicted octanol–water partition coefficient (Wildman–Crippen LogP) is 4.18. The van der Waals surface area contributed by atoms with Crippen LogP contribution in [0.15, 0.2) is 48.7 Å². The lowest BCUT2D eigenvalue weighted by Gasteiger charge is -2.23. The second kappa shape index (κ2) is 10.1. The van der Waals surface area contributed by atoms with E-state index in [9.17, 15) is 4.79 Å². The lowest BCUT2D eigenvalue weighted by molar-refractivity contribution is -0.124. The van der Waals surface area contributed by atoms with Crippen LogP contribution < -0.4 is 10.1 Å². The first-order valence-electron chi connectivity index (χ1n) is 9.41. The van der Waals surface area contributed by atoms with Crippen molar-refractivity contribution in [2.45, 2.75) is 59.2 Å².